The van der Waals surface area contributed by atoms with Crippen molar-refractivity contribution in [3.63, 3.8) is 0 Å². The number of hydrogen-bond acceptors (Lipinski definition) is 5. The summed E-state index contributed by atoms with van der Waals surface area (Å²) in [4.78, 5) is 0. The highest BCUT2D eigenvalue weighted by Gasteiger charge is 2.34. The maximum atomic E-state index is 12.3. The van der Waals surface area contributed by atoms with Crippen molar-refractivity contribution in [1.29, 1.82) is 0 Å². The van der Waals surface area contributed by atoms with Crippen molar-refractivity contribution >= 4 is 15.7 Å². The van der Waals surface area contributed by atoms with Crippen LogP contribution in [0.4, 0.5) is 5.69 Å². The third-order valence-electron chi connectivity index (χ3n) is 6.16. The highest BCUT2D eigenvalue weighted by Crippen LogP contribution is 2.38. The number of anilines is 1. The van der Waals surface area contributed by atoms with Crippen molar-refractivity contribution < 1.29 is 13.2 Å². The highest BCUT2D eigenvalue weighted by molar-refractivity contribution is 7.92. The summed E-state index contributed by atoms with van der Waals surface area (Å²) >= 11 is 0. The van der Waals surface area contributed by atoms with Crippen LogP contribution in [0.5, 0.6) is 5.75 Å². The maximum Gasteiger partial charge on any atom is 0.232 e. The number of nitrogens with zero attached hydrogens (tertiary/aromatic N) is 1. The molecule has 2 N–H and O–H groups in total. The highest BCUT2D eigenvalue weighted by atomic mass is 32.2. The van der Waals surface area contributed by atoms with Crippen LogP contribution in [-0.4, -0.2) is 40.4 Å². The lowest BCUT2D eigenvalue weighted by atomic mass is 9.92. The van der Waals surface area contributed by atoms with Gasteiger partial charge in [-0.25, -0.2) is 8.42 Å². The van der Waals surface area contributed by atoms with E-state index in [0.29, 0.717) is 19.0 Å². The zero-order valence-corrected chi connectivity index (χ0v) is 18.7. The second-order valence-electron chi connectivity index (χ2n) is 8.38. The van der Waals surface area contributed by atoms with Gasteiger partial charge in [-0.1, -0.05) is 30.3 Å². The molecule has 30 heavy (non-hydrogen) atoms. The van der Waals surface area contributed by atoms with Gasteiger partial charge in [0.1, 0.15) is 5.75 Å². The Balaban J connectivity index is 1.58. The first-order chi connectivity index (χ1) is 14.4. The smallest absolute Gasteiger partial charge is 0.232 e. The molecular weight excluding hydrogens is 398 g/mol. The van der Waals surface area contributed by atoms with Crippen LogP contribution < -0.4 is 19.7 Å². The predicted octanol–water partition coefficient (Wildman–Crippen LogP) is 2.99. The Kier molecular flexibility index (Phi) is 6.04. The molecule has 2 aromatic carbocycles. The van der Waals surface area contributed by atoms with Gasteiger partial charge < -0.3 is 15.4 Å². The number of rotatable bonds is 6. The zero-order valence-electron chi connectivity index (χ0n) is 17.9. The Morgan fingerprint density at radius 2 is 2.00 bits per heavy atom. The molecule has 0 aromatic heterocycles. The standard InChI is InChI=1S/C23H31N3O3S/c1-16-12-18-14-22(29-2)19(13-21(18)26(16)30(3,27)28)15-25-20-10-7-11-24-23(20)17-8-5-4-6-9-17/h4-6,8-9,13-14,16,20,23-25H,7,10-12,15H2,1-3H3/t16?,20-,23-/m1/s1. The van der Waals surface area contributed by atoms with Gasteiger partial charge in [0.15, 0.2) is 0 Å². The first-order valence-electron chi connectivity index (χ1n) is 10.6. The van der Waals surface area contributed by atoms with Gasteiger partial charge in [-0.15, -0.1) is 0 Å². The lowest BCUT2D eigenvalue weighted by Crippen LogP contribution is -2.45. The molecule has 0 aliphatic carbocycles. The number of ether oxygens (including phenoxy) is 1. The fourth-order valence-electron chi connectivity index (χ4n) is 4.85. The molecule has 4 rings (SSSR count). The van der Waals surface area contributed by atoms with Gasteiger partial charge in [0.2, 0.25) is 10.0 Å². The zero-order chi connectivity index (χ0) is 21.3. The van der Waals surface area contributed by atoms with Gasteiger partial charge in [-0.2, -0.15) is 0 Å². The first-order valence-corrected chi connectivity index (χ1v) is 12.4. The molecule has 2 heterocycles. The van der Waals surface area contributed by atoms with Gasteiger partial charge in [-0.05, 0) is 56.0 Å². The normalized spacial score (nSPS) is 24.0. The van der Waals surface area contributed by atoms with E-state index in [1.807, 2.05) is 25.1 Å². The summed E-state index contributed by atoms with van der Waals surface area (Å²) in [6, 6.07) is 15.0. The first kappa shape index (κ1) is 21.2. The molecule has 1 saturated heterocycles. The van der Waals surface area contributed by atoms with E-state index in [1.54, 1.807) is 11.4 Å². The van der Waals surface area contributed by atoms with Gasteiger partial charge in [-0.3, -0.25) is 4.31 Å². The minimum absolute atomic E-state index is 0.0760. The van der Waals surface area contributed by atoms with E-state index < -0.39 is 10.0 Å². The molecule has 0 saturated carbocycles. The fourth-order valence-corrected chi connectivity index (χ4v) is 6.11. The van der Waals surface area contributed by atoms with Gasteiger partial charge in [0, 0.05) is 30.2 Å². The van der Waals surface area contributed by atoms with E-state index in [0.717, 1.165) is 42.0 Å². The Morgan fingerprint density at radius 3 is 2.70 bits per heavy atom. The number of hydrogen-bond donors (Lipinski definition) is 2. The molecular formula is C23H31N3O3S. The Hall–Kier alpha value is -2.09. The van der Waals surface area contributed by atoms with E-state index in [4.69, 9.17) is 4.74 Å². The molecule has 7 heteroatoms. The van der Waals surface area contributed by atoms with Crippen molar-refractivity contribution in [3.05, 3.63) is 59.2 Å². The Labute approximate surface area is 179 Å². The summed E-state index contributed by atoms with van der Waals surface area (Å²) in [5.74, 6) is 0.809. The summed E-state index contributed by atoms with van der Waals surface area (Å²) < 4.78 is 31.9. The topological polar surface area (TPSA) is 70.7 Å². The minimum Gasteiger partial charge on any atom is -0.496 e. The molecule has 6 nitrogen and oxygen atoms in total. The molecule has 2 aliphatic heterocycles. The van der Waals surface area contributed by atoms with Crippen LogP contribution in [0.3, 0.4) is 0 Å². The van der Waals surface area contributed by atoms with Crippen molar-refractivity contribution in [2.45, 2.75) is 50.9 Å². The van der Waals surface area contributed by atoms with E-state index in [-0.39, 0.29) is 12.1 Å². The quantitative estimate of drug-likeness (QED) is 0.739. The molecule has 0 amide bonds. The van der Waals surface area contributed by atoms with Crippen LogP contribution in [0.25, 0.3) is 0 Å². The van der Waals surface area contributed by atoms with Crippen LogP contribution >= 0.6 is 0 Å². The van der Waals surface area contributed by atoms with E-state index in [1.165, 1.54) is 11.8 Å². The second kappa shape index (κ2) is 8.57. The molecule has 0 bridgehead atoms. The number of piperidine rings is 1. The predicted molar refractivity (Wildman–Crippen MR) is 121 cm³/mol. The summed E-state index contributed by atoms with van der Waals surface area (Å²) in [5.41, 5.74) is 4.07. The molecule has 162 valence electrons. The molecule has 2 aromatic rings. The molecule has 0 spiro atoms. The number of benzene rings is 2. The van der Waals surface area contributed by atoms with Gasteiger partial charge in [0.05, 0.1) is 19.1 Å². The third-order valence-corrected chi connectivity index (χ3v) is 7.44. The van der Waals surface area contributed by atoms with E-state index in [2.05, 4.69) is 34.9 Å². The number of methoxy groups -OCH3 is 1. The average molecular weight is 430 g/mol. The summed E-state index contributed by atoms with van der Waals surface area (Å²) in [5, 5.41) is 7.35. The lowest BCUT2D eigenvalue weighted by Gasteiger charge is -2.34. The third kappa shape index (κ3) is 4.19. The van der Waals surface area contributed by atoms with Crippen LogP contribution in [0.15, 0.2) is 42.5 Å². The number of fused-ring (bicyclic) bond motifs is 1. The molecule has 2 aliphatic rings. The molecule has 0 radical (unpaired) electrons. The molecule has 3 atom stereocenters. The average Bonchev–Trinajstić information content (AvgIpc) is 3.07. The van der Waals surface area contributed by atoms with Gasteiger partial charge in [0.25, 0.3) is 0 Å². The van der Waals surface area contributed by atoms with Crippen molar-refractivity contribution in [3.8, 4) is 5.75 Å². The molecule has 1 unspecified atom stereocenters. The number of sulfonamides is 1. The Bertz CT molecular complexity index is 994. The largest absolute Gasteiger partial charge is 0.496 e. The van der Waals surface area contributed by atoms with Crippen molar-refractivity contribution in [2.75, 3.05) is 24.2 Å². The van der Waals surface area contributed by atoms with Crippen LogP contribution in [-0.2, 0) is 23.0 Å². The van der Waals surface area contributed by atoms with Crippen LogP contribution in [0.2, 0.25) is 0 Å². The fraction of sp³-hybridized carbons (Fsp3) is 0.478. The van der Waals surface area contributed by atoms with Crippen LogP contribution in [0.1, 0.15) is 42.5 Å². The van der Waals surface area contributed by atoms with Crippen molar-refractivity contribution in [1.82, 2.24) is 10.6 Å². The lowest BCUT2D eigenvalue weighted by molar-refractivity contribution is 0.303. The van der Waals surface area contributed by atoms with Crippen molar-refractivity contribution in [2.24, 2.45) is 0 Å². The molecule has 1 fully saturated rings. The SMILES string of the molecule is COc1cc2c(cc1CN[C@@H]1CCCN[C@@H]1c1ccccc1)N(S(C)(=O)=O)C(C)C2. The maximum absolute atomic E-state index is 12.3. The summed E-state index contributed by atoms with van der Waals surface area (Å²) in [6.07, 6.45) is 4.20. The van der Waals surface area contributed by atoms with E-state index in [9.17, 15) is 8.42 Å². The summed E-state index contributed by atoms with van der Waals surface area (Å²) in [6.45, 7) is 3.59. The summed E-state index contributed by atoms with van der Waals surface area (Å²) in [7, 11) is -1.65. The minimum atomic E-state index is -3.32. The Morgan fingerprint density at radius 1 is 1.23 bits per heavy atom. The second-order valence-corrected chi connectivity index (χ2v) is 10.2. The number of nitrogens with one attached hydrogen (secondary N) is 2. The van der Waals surface area contributed by atoms with Gasteiger partial charge >= 0.3 is 0 Å². The van der Waals surface area contributed by atoms with E-state index >= 15 is 0 Å². The monoisotopic (exact) mass is 429 g/mol. The van der Waals surface area contributed by atoms with Crippen LogP contribution in [0, 0.1) is 0 Å².